The van der Waals surface area contributed by atoms with E-state index >= 15 is 0 Å². The molecule has 0 spiro atoms. The van der Waals surface area contributed by atoms with Crippen LogP contribution in [0.1, 0.15) is 35.1 Å². The Bertz CT molecular complexity index is 819. The van der Waals surface area contributed by atoms with Gasteiger partial charge in [0.25, 0.3) is 0 Å². The summed E-state index contributed by atoms with van der Waals surface area (Å²) < 4.78 is 22.0. The number of ether oxygens (including phenoxy) is 4. The average Bonchev–Trinajstić information content (AvgIpc) is 3.43. The zero-order valence-electron chi connectivity index (χ0n) is 18.1. The van der Waals surface area contributed by atoms with E-state index in [0.29, 0.717) is 12.2 Å². The Labute approximate surface area is 179 Å². The highest BCUT2D eigenvalue weighted by molar-refractivity contribution is 5.39. The van der Waals surface area contributed by atoms with Gasteiger partial charge in [-0.2, -0.15) is 0 Å². The zero-order chi connectivity index (χ0) is 20.5. The Morgan fingerprint density at radius 2 is 1.10 bits per heavy atom. The maximum atomic E-state index is 5.75. The number of rotatable bonds is 2. The third kappa shape index (κ3) is 3.95. The second-order valence-electron chi connectivity index (χ2n) is 9.00. The molecular weight excluding hydrogens is 376 g/mol. The van der Waals surface area contributed by atoms with Crippen molar-refractivity contribution in [2.75, 3.05) is 27.4 Å². The molecule has 6 rings (SSSR count). The van der Waals surface area contributed by atoms with Crippen molar-refractivity contribution in [2.45, 2.75) is 50.7 Å². The predicted octanol–water partition coefficient (Wildman–Crippen LogP) is 4.40. The number of methoxy groups -OCH3 is 2. The first-order valence-corrected chi connectivity index (χ1v) is 11.3. The first-order chi connectivity index (χ1) is 14.7. The van der Waals surface area contributed by atoms with Gasteiger partial charge in [-0.3, -0.25) is 0 Å². The number of hydrogen-bond donors (Lipinski definition) is 0. The van der Waals surface area contributed by atoms with Crippen molar-refractivity contribution in [3.8, 4) is 11.5 Å². The highest BCUT2D eigenvalue weighted by Gasteiger charge is 2.34. The fraction of sp³-hybridized carbons (Fsp3) is 0.538. The SMILES string of the molecule is COc1ccc2c(c1)C[C@@H]1OCC[C@H]1C2.COc1ccc2c(c1)C[C@H]1OCC[C@@H]1C2. The van der Waals surface area contributed by atoms with Gasteiger partial charge in [-0.1, -0.05) is 12.1 Å². The first-order valence-electron chi connectivity index (χ1n) is 11.3. The van der Waals surface area contributed by atoms with Crippen LogP contribution in [0.5, 0.6) is 11.5 Å². The van der Waals surface area contributed by atoms with E-state index in [-0.39, 0.29) is 0 Å². The van der Waals surface area contributed by atoms with Gasteiger partial charge in [0.15, 0.2) is 0 Å². The molecule has 2 heterocycles. The van der Waals surface area contributed by atoms with E-state index in [0.717, 1.165) is 49.4 Å². The summed E-state index contributed by atoms with van der Waals surface area (Å²) in [5.74, 6) is 3.44. The molecule has 0 bridgehead atoms. The van der Waals surface area contributed by atoms with E-state index in [1.807, 2.05) is 0 Å². The molecule has 160 valence electrons. The highest BCUT2D eigenvalue weighted by Crippen LogP contribution is 2.36. The lowest BCUT2D eigenvalue weighted by atomic mass is 9.81. The Hall–Kier alpha value is -2.04. The van der Waals surface area contributed by atoms with E-state index in [2.05, 4.69) is 36.4 Å². The molecule has 2 aliphatic carbocycles. The monoisotopic (exact) mass is 408 g/mol. The molecule has 30 heavy (non-hydrogen) atoms. The van der Waals surface area contributed by atoms with Crippen LogP contribution in [0.2, 0.25) is 0 Å². The largest absolute Gasteiger partial charge is 0.497 e. The summed E-state index contributed by atoms with van der Waals surface area (Å²) in [5.41, 5.74) is 5.81. The summed E-state index contributed by atoms with van der Waals surface area (Å²) in [6.07, 6.45) is 7.89. The van der Waals surface area contributed by atoms with Gasteiger partial charge < -0.3 is 18.9 Å². The normalized spacial score (nSPS) is 28.3. The van der Waals surface area contributed by atoms with E-state index < -0.39 is 0 Å². The fourth-order valence-electron chi connectivity index (χ4n) is 5.54. The van der Waals surface area contributed by atoms with Gasteiger partial charge >= 0.3 is 0 Å². The summed E-state index contributed by atoms with van der Waals surface area (Å²) in [4.78, 5) is 0. The van der Waals surface area contributed by atoms with Crippen LogP contribution in [0.25, 0.3) is 0 Å². The van der Waals surface area contributed by atoms with Crippen LogP contribution in [-0.2, 0) is 35.2 Å². The maximum absolute atomic E-state index is 5.75. The zero-order valence-corrected chi connectivity index (χ0v) is 18.1. The lowest BCUT2D eigenvalue weighted by Gasteiger charge is -2.26. The molecule has 2 aromatic rings. The third-order valence-electron chi connectivity index (χ3n) is 7.33. The Morgan fingerprint density at radius 3 is 1.53 bits per heavy atom. The van der Waals surface area contributed by atoms with Gasteiger partial charge in [0.2, 0.25) is 0 Å². The van der Waals surface area contributed by atoms with Crippen LogP contribution in [0, 0.1) is 11.8 Å². The lowest BCUT2D eigenvalue weighted by Crippen LogP contribution is -2.26. The molecule has 4 heteroatoms. The first kappa shape index (κ1) is 19.9. The number of hydrogen-bond acceptors (Lipinski definition) is 4. The van der Waals surface area contributed by atoms with Crippen molar-refractivity contribution in [3.63, 3.8) is 0 Å². The van der Waals surface area contributed by atoms with Crippen LogP contribution in [-0.4, -0.2) is 39.6 Å². The summed E-state index contributed by atoms with van der Waals surface area (Å²) in [7, 11) is 3.44. The van der Waals surface area contributed by atoms with E-state index in [1.54, 1.807) is 14.2 Å². The van der Waals surface area contributed by atoms with Crippen LogP contribution in [0.4, 0.5) is 0 Å². The summed E-state index contributed by atoms with van der Waals surface area (Å²) in [6.45, 7) is 1.89. The molecule has 2 saturated heterocycles. The molecule has 4 nitrogen and oxygen atoms in total. The predicted molar refractivity (Wildman–Crippen MR) is 116 cm³/mol. The Balaban J connectivity index is 0.000000128. The summed E-state index contributed by atoms with van der Waals surface area (Å²) in [6, 6.07) is 12.9. The fourth-order valence-corrected chi connectivity index (χ4v) is 5.54. The average molecular weight is 409 g/mol. The molecule has 2 fully saturated rings. The van der Waals surface area contributed by atoms with E-state index in [9.17, 15) is 0 Å². The van der Waals surface area contributed by atoms with Crippen molar-refractivity contribution in [1.29, 1.82) is 0 Å². The molecule has 0 radical (unpaired) electrons. The minimum Gasteiger partial charge on any atom is -0.497 e. The molecule has 0 N–H and O–H groups in total. The van der Waals surface area contributed by atoms with Crippen LogP contribution in [0.3, 0.4) is 0 Å². The second kappa shape index (κ2) is 8.60. The molecule has 0 aromatic heterocycles. The van der Waals surface area contributed by atoms with Crippen molar-refractivity contribution >= 4 is 0 Å². The molecule has 0 saturated carbocycles. The number of benzene rings is 2. The molecule has 0 unspecified atom stereocenters. The van der Waals surface area contributed by atoms with Gasteiger partial charge in [-0.25, -0.2) is 0 Å². The van der Waals surface area contributed by atoms with Gasteiger partial charge in [-0.15, -0.1) is 0 Å². The van der Waals surface area contributed by atoms with Crippen LogP contribution in [0.15, 0.2) is 36.4 Å². The topological polar surface area (TPSA) is 36.9 Å². The van der Waals surface area contributed by atoms with Crippen LogP contribution >= 0.6 is 0 Å². The summed E-state index contributed by atoms with van der Waals surface area (Å²) in [5, 5.41) is 0. The maximum Gasteiger partial charge on any atom is 0.119 e. The van der Waals surface area contributed by atoms with E-state index in [4.69, 9.17) is 18.9 Å². The molecular formula is C26H32O4. The summed E-state index contributed by atoms with van der Waals surface area (Å²) >= 11 is 0. The van der Waals surface area contributed by atoms with Gasteiger partial charge in [-0.05, 0) is 96.9 Å². The Morgan fingerprint density at radius 1 is 0.633 bits per heavy atom. The quantitative estimate of drug-likeness (QED) is 0.738. The van der Waals surface area contributed by atoms with Crippen molar-refractivity contribution in [1.82, 2.24) is 0 Å². The van der Waals surface area contributed by atoms with Gasteiger partial charge in [0.1, 0.15) is 11.5 Å². The van der Waals surface area contributed by atoms with Crippen molar-refractivity contribution in [2.24, 2.45) is 11.8 Å². The minimum atomic E-state index is 0.463. The van der Waals surface area contributed by atoms with Gasteiger partial charge in [0, 0.05) is 13.2 Å². The standard InChI is InChI=1S/2C13H16O2/c2*1-14-12-3-2-9-6-10-4-5-15-13(10)8-11(9)7-12/h2*2-3,7,10,13H,4-6,8H2,1H3/t2*10-,13-/m10/s1. The third-order valence-corrected chi connectivity index (χ3v) is 7.33. The number of fused-ring (bicyclic) bond motifs is 4. The molecule has 4 atom stereocenters. The highest BCUT2D eigenvalue weighted by atomic mass is 16.5. The smallest absolute Gasteiger partial charge is 0.119 e. The lowest BCUT2D eigenvalue weighted by molar-refractivity contribution is 0.0861. The molecule has 4 aliphatic rings. The van der Waals surface area contributed by atoms with Crippen molar-refractivity contribution < 1.29 is 18.9 Å². The molecule has 2 aliphatic heterocycles. The van der Waals surface area contributed by atoms with Gasteiger partial charge in [0.05, 0.1) is 26.4 Å². The minimum absolute atomic E-state index is 0.463. The van der Waals surface area contributed by atoms with Crippen molar-refractivity contribution in [3.05, 3.63) is 58.7 Å². The molecule has 2 aromatic carbocycles. The Kier molecular flexibility index (Phi) is 5.70. The molecule has 0 amide bonds. The van der Waals surface area contributed by atoms with E-state index in [1.165, 1.54) is 47.9 Å². The second-order valence-corrected chi connectivity index (χ2v) is 9.00. The van der Waals surface area contributed by atoms with Crippen LogP contribution < -0.4 is 9.47 Å².